The first-order valence-corrected chi connectivity index (χ1v) is 8.55. The topological polar surface area (TPSA) is 88.4 Å². The molecule has 2 amide bonds. The number of pyridine rings is 2. The Hall–Kier alpha value is -3.22. The molecule has 0 saturated carbocycles. The van der Waals surface area contributed by atoms with Gasteiger partial charge in [-0.2, -0.15) is 0 Å². The minimum absolute atomic E-state index is 0.0332. The largest absolute Gasteiger partial charge is 0.348 e. The van der Waals surface area contributed by atoms with Crippen molar-refractivity contribution < 1.29 is 9.59 Å². The monoisotopic (exact) mass is 351 g/mol. The molecule has 0 fully saturated rings. The van der Waals surface area contributed by atoms with Crippen LogP contribution in [0.15, 0.2) is 48.9 Å². The van der Waals surface area contributed by atoms with Gasteiger partial charge >= 0.3 is 0 Å². The molecule has 0 aliphatic carbocycles. The zero-order valence-electron chi connectivity index (χ0n) is 14.8. The van der Waals surface area contributed by atoms with E-state index in [1.165, 1.54) is 0 Å². The van der Waals surface area contributed by atoms with E-state index in [2.05, 4.69) is 20.6 Å². The highest BCUT2D eigenvalue weighted by Crippen LogP contribution is 2.14. The molecule has 134 valence electrons. The molecule has 0 saturated heterocycles. The van der Waals surface area contributed by atoms with Crippen molar-refractivity contribution in [3.63, 3.8) is 0 Å². The van der Waals surface area contributed by atoms with Gasteiger partial charge in [-0.25, -0.2) is 4.98 Å². The van der Waals surface area contributed by atoms with Crippen LogP contribution in [0.5, 0.6) is 0 Å². The number of aromatic nitrogens is 3. The summed E-state index contributed by atoms with van der Waals surface area (Å²) in [7, 11) is 0. The van der Waals surface area contributed by atoms with E-state index in [0.29, 0.717) is 12.1 Å². The zero-order chi connectivity index (χ0) is 18.5. The van der Waals surface area contributed by atoms with Gasteiger partial charge in [0.05, 0.1) is 5.52 Å². The number of hydrogen-bond donors (Lipinski definition) is 2. The molecule has 7 nitrogen and oxygen atoms in total. The summed E-state index contributed by atoms with van der Waals surface area (Å²) in [5.74, 6) is -0.453. The average Bonchev–Trinajstić information content (AvgIpc) is 3.06. The normalized spacial score (nSPS) is 11.9. The Balaban J connectivity index is 1.86. The highest BCUT2D eigenvalue weighted by molar-refractivity contribution is 6.02. The molecule has 3 heterocycles. The molecule has 0 aliphatic heterocycles. The number of fused-ring (bicyclic) bond motifs is 1. The molecule has 3 aromatic heterocycles. The van der Waals surface area contributed by atoms with E-state index in [0.717, 1.165) is 12.0 Å². The molecular formula is C19H21N5O2. The highest BCUT2D eigenvalue weighted by atomic mass is 16.2. The minimum Gasteiger partial charge on any atom is -0.348 e. The van der Waals surface area contributed by atoms with Gasteiger partial charge in [-0.3, -0.25) is 19.0 Å². The lowest BCUT2D eigenvalue weighted by molar-refractivity contribution is 0.0936. The third kappa shape index (κ3) is 3.72. The lowest BCUT2D eigenvalue weighted by Crippen LogP contribution is -2.32. The van der Waals surface area contributed by atoms with Crippen LogP contribution >= 0.6 is 0 Å². The summed E-state index contributed by atoms with van der Waals surface area (Å²) < 4.78 is 1.63. The number of nitrogens with zero attached hydrogens (tertiary/aromatic N) is 3. The Morgan fingerprint density at radius 3 is 2.77 bits per heavy atom. The van der Waals surface area contributed by atoms with Gasteiger partial charge in [0.1, 0.15) is 0 Å². The quantitative estimate of drug-likeness (QED) is 0.712. The van der Waals surface area contributed by atoms with Crippen molar-refractivity contribution in [2.45, 2.75) is 32.9 Å². The summed E-state index contributed by atoms with van der Waals surface area (Å²) in [5.41, 5.74) is 1.73. The van der Waals surface area contributed by atoms with E-state index in [-0.39, 0.29) is 29.4 Å². The van der Waals surface area contributed by atoms with Gasteiger partial charge in [0.25, 0.3) is 11.8 Å². The van der Waals surface area contributed by atoms with E-state index in [1.807, 2.05) is 32.0 Å². The zero-order valence-corrected chi connectivity index (χ0v) is 14.8. The van der Waals surface area contributed by atoms with Gasteiger partial charge in [-0.05, 0) is 37.1 Å². The Morgan fingerprint density at radius 1 is 1.19 bits per heavy atom. The van der Waals surface area contributed by atoms with E-state index >= 15 is 0 Å². The molecule has 1 atom stereocenters. The van der Waals surface area contributed by atoms with Crippen LogP contribution in [0, 0.1) is 0 Å². The van der Waals surface area contributed by atoms with Crippen LogP contribution in [-0.2, 0) is 6.54 Å². The first-order chi connectivity index (χ1) is 12.6. The van der Waals surface area contributed by atoms with E-state index in [9.17, 15) is 9.59 Å². The molecule has 0 aromatic carbocycles. The number of carbonyl (C=O) groups excluding carboxylic acids is 2. The molecular weight excluding hydrogens is 330 g/mol. The molecule has 7 heteroatoms. The second-order valence-corrected chi connectivity index (χ2v) is 6.07. The maximum absolute atomic E-state index is 12.6. The SMILES string of the molecule is CCC(C)NC(=O)c1nc(C(=O)NCc2cccnc2)n2ccccc12. The minimum atomic E-state index is -0.349. The van der Waals surface area contributed by atoms with Crippen LogP contribution in [0.4, 0.5) is 0 Å². The highest BCUT2D eigenvalue weighted by Gasteiger charge is 2.21. The summed E-state index contributed by atoms with van der Waals surface area (Å²) in [6.07, 6.45) is 5.90. The Labute approximate surface area is 151 Å². The third-order valence-electron chi connectivity index (χ3n) is 4.13. The molecule has 0 aliphatic rings. The van der Waals surface area contributed by atoms with Gasteiger partial charge < -0.3 is 10.6 Å². The first-order valence-electron chi connectivity index (χ1n) is 8.55. The summed E-state index contributed by atoms with van der Waals surface area (Å²) >= 11 is 0. The molecule has 26 heavy (non-hydrogen) atoms. The van der Waals surface area contributed by atoms with E-state index < -0.39 is 0 Å². The predicted octanol–water partition coefficient (Wildman–Crippen LogP) is 2.19. The van der Waals surface area contributed by atoms with Crippen LogP contribution in [-0.4, -0.2) is 32.2 Å². The van der Waals surface area contributed by atoms with Gasteiger partial charge in [0.2, 0.25) is 5.82 Å². The van der Waals surface area contributed by atoms with Crippen LogP contribution in [0.1, 0.15) is 46.9 Å². The van der Waals surface area contributed by atoms with Crippen molar-refractivity contribution in [3.8, 4) is 0 Å². The molecule has 2 N–H and O–H groups in total. The van der Waals surface area contributed by atoms with Crippen LogP contribution < -0.4 is 10.6 Å². The van der Waals surface area contributed by atoms with Crippen molar-refractivity contribution in [2.24, 2.45) is 0 Å². The molecule has 0 radical (unpaired) electrons. The third-order valence-corrected chi connectivity index (χ3v) is 4.13. The summed E-state index contributed by atoms with van der Waals surface area (Å²) in [4.78, 5) is 33.5. The lowest BCUT2D eigenvalue weighted by atomic mass is 10.2. The molecule has 0 spiro atoms. The Bertz CT molecular complexity index is 920. The summed E-state index contributed by atoms with van der Waals surface area (Å²) in [6.45, 7) is 4.26. The summed E-state index contributed by atoms with van der Waals surface area (Å²) in [6, 6.07) is 9.10. The van der Waals surface area contributed by atoms with E-state index in [4.69, 9.17) is 0 Å². The molecule has 0 bridgehead atoms. The Kier molecular flexibility index (Phi) is 5.26. The average molecular weight is 351 g/mol. The standard InChI is InChI=1S/C19H21N5O2/c1-3-13(2)22-18(25)16-15-8-4-5-10-24(15)17(23-16)19(26)21-12-14-7-6-9-20-11-14/h4-11,13H,3,12H2,1-2H3,(H,21,26)(H,22,25). The predicted molar refractivity (Wildman–Crippen MR) is 97.8 cm³/mol. The van der Waals surface area contributed by atoms with E-state index in [1.54, 1.807) is 35.1 Å². The Morgan fingerprint density at radius 2 is 2.04 bits per heavy atom. The number of imidazole rings is 1. The second kappa shape index (κ2) is 7.77. The number of hydrogen-bond acceptors (Lipinski definition) is 4. The number of rotatable bonds is 6. The number of carbonyl (C=O) groups is 2. The van der Waals surface area contributed by atoms with Crippen molar-refractivity contribution in [1.82, 2.24) is 25.0 Å². The fourth-order valence-electron chi connectivity index (χ4n) is 2.52. The van der Waals surface area contributed by atoms with Crippen LogP contribution in [0.25, 0.3) is 5.52 Å². The van der Waals surface area contributed by atoms with Gasteiger partial charge in [-0.15, -0.1) is 0 Å². The van der Waals surface area contributed by atoms with Gasteiger partial charge in [0.15, 0.2) is 5.69 Å². The van der Waals surface area contributed by atoms with Crippen molar-refractivity contribution in [1.29, 1.82) is 0 Å². The molecule has 3 rings (SSSR count). The molecule has 1 unspecified atom stereocenters. The van der Waals surface area contributed by atoms with Crippen molar-refractivity contribution >= 4 is 17.3 Å². The summed E-state index contributed by atoms with van der Waals surface area (Å²) in [5, 5.41) is 5.71. The fourth-order valence-corrected chi connectivity index (χ4v) is 2.52. The second-order valence-electron chi connectivity index (χ2n) is 6.07. The molecule has 3 aromatic rings. The van der Waals surface area contributed by atoms with Crippen LogP contribution in [0.2, 0.25) is 0 Å². The first kappa shape index (κ1) is 17.6. The van der Waals surface area contributed by atoms with Crippen molar-refractivity contribution in [3.05, 3.63) is 66.0 Å². The lowest BCUT2D eigenvalue weighted by Gasteiger charge is -2.09. The van der Waals surface area contributed by atoms with Crippen molar-refractivity contribution in [2.75, 3.05) is 0 Å². The smallest absolute Gasteiger partial charge is 0.287 e. The number of nitrogens with one attached hydrogen (secondary N) is 2. The maximum atomic E-state index is 12.6. The van der Waals surface area contributed by atoms with Gasteiger partial charge in [0, 0.05) is 31.2 Å². The van der Waals surface area contributed by atoms with Crippen LogP contribution in [0.3, 0.4) is 0 Å². The number of amides is 2. The fraction of sp³-hybridized carbons (Fsp3) is 0.263. The maximum Gasteiger partial charge on any atom is 0.287 e. The van der Waals surface area contributed by atoms with Gasteiger partial charge in [-0.1, -0.05) is 19.1 Å².